The second-order valence-electron chi connectivity index (χ2n) is 5.86. The number of sulfonamides is 1. The number of benzene rings is 1. The molecule has 0 aliphatic carbocycles. The largest absolute Gasteiger partial charge is 0.229 e. The molecule has 0 radical (unpaired) electrons. The van der Waals surface area contributed by atoms with E-state index in [-0.39, 0.29) is 23.5 Å². The molecule has 1 aromatic carbocycles. The van der Waals surface area contributed by atoms with Crippen molar-refractivity contribution in [2.45, 2.75) is 31.6 Å². The molecule has 1 unspecified atom stereocenters. The molecular weight excluding hydrogens is 317 g/mol. The molecule has 21 heavy (non-hydrogen) atoms. The normalized spacial score (nSPS) is 25.1. The topological polar surface area (TPSA) is 80.3 Å². The van der Waals surface area contributed by atoms with Crippen molar-refractivity contribution >= 4 is 19.9 Å². The Morgan fingerprint density at radius 1 is 1.38 bits per heavy atom. The SMILES string of the molecule is Cc1ccc(CS(=O)(=O)NC2(C)CCS(=O)(=O)C2)c(F)c1. The minimum atomic E-state index is -3.82. The van der Waals surface area contributed by atoms with Gasteiger partial charge in [-0.05, 0) is 31.9 Å². The first-order valence-corrected chi connectivity index (χ1v) is 9.95. The fraction of sp³-hybridized carbons (Fsp3) is 0.538. The molecular formula is C13H18FNO4S2. The first kappa shape index (κ1) is 16.4. The quantitative estimate of drug-likeness (QED) is 0.894. The summed E-state index contributed by atoms with van der Waals surface area (Å²) in [4.78, 5) is 0. The monoisotopic (exact) mass is 335 g/mol. The van der Waals surface area contributed by atoms with Crippen molar-refractivity contribution in [2.75, 3.05) is 11.5 Å². The number of hydrogen-bond donors (Lipinski definition) is 1. The van der Waals surface area contributed by atoms with Gasteiger partial charge in [0.15, 0.2) is 9.84 Å². The fourth-order valence-corrected chi connectivity index (χ4v) is 6.30. The summed E-state index contributed by atoms with van der Waals surface area (Å²) >= 11 is 0. The highest BCUT2D eigenvalue weighted by molar-refractivity contribution is 7.92. The van der Waals surface area contributed by atoms with Crippen LogP contribution in [0, 0.1) is 12.7 Å². The minimum absolute atomic E-state index is 0.0368. The summed E-state index contributed by atoms with van der Waals surface area (Å²) in [6.07, 6.45) is 0.227. The average Bonchev–Trinajstić information content (AvgIpc) is 2.55. The van der Waals surface area contributed by atoms with Crippen molar-refractivity contribution in [2.24, 2.45) is 0 Å². The third-order valence-electron chi connectivity index (χ3n) is 3.46. The Labute approximate surface area is 124 Å². The van der Waals surface area contributed by atoms with E-state index in [0.29, 0.717) is 5.56 Å². The van der Waals surface area contributed by atoms with E-state index in [9.17, 15) is 21.2 Å². The van der Waals surface area contributed by atoms with Crippen molar-refractivity contribution in [1.29, 1.82) is 0 Å². The highest BCUT2D eigenvalue weighted by Gasteiger charge is 2.41. The molecule has 5 nitrogen and oxygen atoms in total. The maximum Gasteiger partial charge on any atom is 0.216 e. The minimum Gasteiger partial charge on any atom is -0.229 e. The van der Waals surface area contributed by atoms with E-state index < -0.39 is 37.0 Å². The Bertz CT molecular complexity index is 758. The molecule has 8 heteroatoms. The van der Waals surface area contributed by atoms with Gasteiger partial charge in [-0.2, -0.15) is 0 Å². The second-order valence-corrected chi connectivity index (χ2v) is 9.77. The van der Waals surface area contributed by atoms with Crippen molar-refractivity contribution in [3.63, 3.8) is 0 Å². The molecule has 1 saturated heterocycles. The molecule has 0 amide bonds. The summed E-state index contributed by atoms with van der Waals surface area (Å²) in [6.45, 7) is 3.27. The number of aryl methyl sites for hydroxylation is 1. The van der Waals surface area contributed by atoms with Crippen molar-refractivity contribution in [3.05, 3.63) is 35.1 Å². The number of nitrogens with one attached hydrogen (secondary N) is 1. The highest BCUT2D eigenvalue weighted by atomic mass is 32.2. The summed E-state index contributed by atoms with van der Waals surface area (Å²) in [7, 11) is -7.03. The number of rotatable bonds is 4. The lowest BCUT2D eigenvalue weighted by atomic mass is 10.0. The van der Waals surface area contributed by atoms with Gasteiger partial charge in [-0.25, -0.2) is 25.9 Å². The van der Waals surface area contributed by atoms with Gasteiger partial charge >= 0.3 is 0 Å². The molecule has 118 valence electrons. The van der Waals surface area contributed by atoms with Crippen LogP contribution in [0.2, 0.25) is 0 Å². The molecule has 0 bridgehead atoms. The Kier molecular flexibility index (Phi) is 4.16. The third kappa shape index (κ3) is 4.24. The summed E-state index contributed by atoms with van der Waals surface area (Å²) in [5.74, 6) is -1.35. The van der Waals surface area contributed by atoms with Crippen LogP contribution in [0.25, 0.3) is 0 Å². The lowest BCUT2D eigenvalue weighted by Gasteiger charge is -2.23. The molecule has 1 N–H and O–H groups in total. The Morgan fingerprint density at radius 2 is 2.05 bits per heavy atom. The fourth-order valence-electron chi connectivity index (χ4n) is 2.48. The van der Waals surface area contributed by atoms with E-state index in [2.05, 4.69) is 4.72 Å². The maximum absolute atomic E-state index is 13.7. The van der Waals surface area contributed by atoms with E-state index >= 15 is 0 Å². The van der Waals surface area contributed by atoms with Gasteiger partial charge in [0.05, 0.1) is 17.3 Å². The zero-order valence-electron chi connectivity index (χ0n) is 11.9. The van der Waals surface area contributed by atoms with Gasteiger partial charge in [0.2, 0.25) is 10.0 Å². The molecule has 0 spiro atoms. The predicted octanol–water partition coefficient (Wildman–Crippen LogP) is 1.13. The van der Waals surface area contributed by atoms with Crippen LogP contribution in [0.15, 0.2) is 18.2 Å². The van der Waals surface area contributed by atoms with E-state index in [4.69, 9.17) is 0 Å². The highest BCUT2D eigenvalue weighted by Crippen LogP contribution is 2.24. The number of hydrogen-bond acceptors (Lipinski definition) is 4. The summed E-state index contributed by atoms with van der Waals surface area (Å²) in [5.41, 5.74) is -0.244. The van der Waals surface area contributed by atoms with E-state index in [1.165, 1.54) is 12.1 Å². The predicted molar refractivity (Wildman–Crippen MR) is 78.6 cm³/mol. The van der Waals surface area contributed by atoms with Gasteiger partial charge in [-0.3, -0.25) is 0 Å². The first-order chi connectivity index (χ1) is 9.50. The molecule has 1 heterocycles. The number of sulfone groups is 1. The van der Waals surface area contributed by atoms with E-state index in [1.807, 2.05) is 0 Å². The number of halogens is 1. The first-order valence-electron chi connectivity index (χ1n) is 6.47. The molecule has 1 aromatic rings. The van der Waals surface area contributed by atoms with Crippen LogP contribution in [-0.2, 0) is 25.6 Å². The van der Waals surface area contributed by atoms with Crippen molar-refractivity contribution in [3.8, 4) is 0 Å². The molecule has 1 atom stereocenters. The van der Waals surface area contributed by atoms with Crippen LogP contribution in [0.3, 0.4) is 0 Å². The third-order valence-corrected chi connectivity index (χ3v) is 6.86. The van der Waals surface area contributed by atoms with Gasteiger partial charge < -0.3 is 0 Å². The molecule has 2 rings (SSSR count). The zero-order chi connectivity index (χ0) is 15.9. The second kappa shape index (κ2) is 5.33. The summed E-state index contributed by atoms with van der Waals surface area (Å²) in [6, 6.07) is 4.33. The Morgan fingerprint density at radius 3 is 2.57 bits per heavy atom. The lowest BCUT2D eigenvalue weighted by Crippen LogP contribution is -2.47. The van der Waals surface area contributed by atoms with Crippen LogP contribution in [0.1, 0.15) is 24.5 Å². The molecule has 1 aliphatic heterocycles. The molecule has 1 fully saturated rings. The lowest BCUT2D eigenvalue weighted by molar-refractivity contribution is 0.461. The Balaban J connectivity index is 2.16. The van der Waals surface area contributed by atoms with Gasteiger partial charge in [0, 0.05) is 11.1 Å². The van der Waals surface area contributed by atoms with Gasteiger partial charge in [-0.15, -0.1) is 0 Å². The Hall–Kier alpha value is -0.990. The molecule has 1 aliphatic rings. The van der Waals surface area contributed by atoms with Crippen molar-refractivity contribution < 1.29 is 21.2 Å². The molecule has 0 saturated carbocycles. The standard InChI is InChI=1S/C13H18FNO4S2/c1-10-3-4-11(12(14)7-10)8-21(18,19)15-13(2)5-6-20(16,17)9-13/h3-4,7,15H,5-6,8-9H2,1-2H3. The summed E-state index contributed by atoms with van der Waals surface area (Å²) < 4.78 is 63.4. The molecule has 0 aromatic heterocycles. The smallest absolute Gasteiger partial charge is 0.216 e. The van der Waals surface area contributed by atoms with Gasteiger partial charge in [0.1, 0.15) is 5.82 Å². The van der Waals surface area contributed by atoms with Crippen LogP contribution in [0.4, 0.5) is 4.39 Å². The summed E-state index contributed by atoms with van der Waals surface area (Å²) in [5, 5.41) is 0. The average molecular weight is 335 g/mol. The van der Waals surface area contributed by atoms with Crippen LogP contribution < -0.4 is 4.72 Å². The van der Waals surface area contributed by atoms with Gasteiger partial charge in [-0.1, -0.05) is 12.1 Å². The van der Waals surface area contributed by atoms with E-state index in [1.54, 1.807) is 19.9 Å². The van der Waals surface area contributed by atoms with Crippen molar-refractivity contribution in [1.82, 2.24) is 4.72 Å². The maximum atomic E-state index is 13.7. The zero-order valence-corrected chi connectivity index (χ0v) is 13.5. The van der Waals surface area contributed by atoms with E-state index in [0.717, 1.165) is 0 Å². The van der Waals surface area contributed by atoms with Crippen LogP contribution in [0.5, 0.6) is 0 Å². The van der Waals surface area contributed by atoms with Crippen LogP contribution >= 0.6 is 0 Å². The van der Waals surface area contributed by atoms with Gasteiger partial charge in [0.25, 0.3) is 0 Å². The van der Waals surface area contributed by atoms with Crippen LogP contribution in [-0.4, -0.2) is 33.9 Å².